The largest absolute Gasteiger partial charge is 0.474 e. The molecule has 2 fully saturated rings. The molecule has 0 saturated heterocycles. The van der Waals surface area contributed by atoms with Crippen molar-refractivity contribution in [3.63, 3.8) is 0 Å². The highest BCUT2D eigenvalue weighted by molar-refractivity contribution is 6.30. The fourth-order valence-electron chi connectivity index (χ4n) is 3.68. The van der Waals surface area contributed by atoms with Crippen molar-refractivity contribution in [1.82, 2.24) is 10.3 Å². The number of hydrogen-bond acceptors (Lipinski definition) is 4. The van der Waals surface area contributed by atoms with Gasteiger partial charge in [-0.2, -0.15) is 0 Å². The Morgan fingerprint density at radius 3 is 2.54 bits per heavy atom. The number of amides is 1. The number of aliphatic hydroxyl groups is 1. The number of aromatic nitrogens is 1. The summed E-state index contributed by atoms with van der Waals surface area (Å²) < 4.78 is 6.05. The highest BCUT2D eigenvalue weighted by Crippen LogP contribution is 2.33. The van der Waals surface area contributed by atoms with Gasteiger partial charge in [-0.25, -0.2) is 4.98 Å². The summed E-state index contributed by atoms with van der Waals surface area (Å²) in [5, 5.41) is 13.8. The number of aliphatic hydroxyl groups excluding tert-OH is 1. The van der Waals surface area contributed by atoms with E-state index >= 15 is 0 Å². The lowest BCUT2D eigenvalue weighted by atomic mass is 9.92. The van der Waals surface area contributed by atoms with E-state index in [1.165, 1.54) is 6.42 Å². The Balaban J connectivity index is 1.60. The number of benzene rings is 1. The van der Waals surface area contributed by atoms with Crippen molar-refractivity contribution in [2.75, 3.05) is 0 Å². The van der Waals surface area contributed by atoms with Gasteiger partial charge in [-0.05, 0) is 55.9 Å². The molecule has 1 aromatic heterocycles. The maximum atomic E-state index is 12.8. The summed E-state index contributed by atoms with van der Waals surface area (Å²) in [7, 11) is 0. The molecule has 2 aromatic rings. The highest BCUT2D eigenvalue weighted by Gasteiger charge is 2.26. The Labute approximate surface area is 170 Å². The molecule has 148 valence electrons. The number of nitrogens with one attached hydrogen (secondary N) is 1. The highest BCUT2D eigenvalue weighted by atomic mass is 35.5. The zero-order chi connectivity index (χ0) is 19.5. The molecule has 0 bridgehead atoms. The van der Waals surface area contributed by atoms with Crippen molar-refractivity contribution in [2.45, 2.75) is 63.2 Å². The molecule has 1 amide bonds. The lowest BCUT2D eigenvalue weighted by Gasteiger charge is -2.28. The Kier molecular flexibility index (Phi) is 5.83. The lowest BCUT2D eigenvalue weighted by Crippen LogP contribution is -2.45. The van der Waals surface area contributed by atoms with Crippen LogP contribution in [0.3, 0.4) is 0 Å². The van der Waals surface area contributed by atoms with Crippen molar-refractivity contribution in [2.24, 2.45) is 0 Å². The third kappa shape index (κ3) is 4.31. The van der Waals surface area contributed by atoms with Crippen LogP contribution in [0.25, 0.3) is 11.1 Å². The molecule has 2 aliphatic rings. The number of halogens is 1. The fourth-order valence-corrected chi connectivity index (χ4v) is 3.81. The van der Waals surface area contributed by atoms with Crippen molar-refractivity contribution in [3.05, 3.63) is 47.1 Å². The number of carbonyl (C=O) groups excluding carboxylic acids is 1. The second kappa shape index (κ2) is 8.50. The summed E-state index contributed by atoms with van der Waals surface area (Å²) in [6, 6.07) is 9.05. The van der Waals surface area contributed by atoms with Crippen molar-refractivity contribution in [3.8, 4) is 17.0 Å². The molecule has 4 rings (SSSR count). The van der Waals surface area contributed by atoms with Gasteiger partial charge in [0.05, 0.1) is 17.7 Å². The van der Waals surface area contributed by atoms with Gasteiger partial charge in [0.15, 0.2) is 0 Å². The smallest absolute Gasteiger partial charge is 0.253 e. The van der Waals surface area contributed by atoms with Crippen molar-refractivity contribution < 1.29 is 14.6 Å². The van der Waals surface area contributed by atoms with Crippen molar-refractivity contribution in [1.29, 1.82) is 0 Å². The summed E-state index contributed by atoms with van der Waals surface area (Å²) >= 11 is 6.02. The van der Waals surface area contributed by atoms with Gasteiger partial charge in [0, 0.05) is 16.8 Å². The normalized spacial score (nSPS) is 22.4. The Morgan fingerprint density at radius 2 is 1.86 bits per heavy atom. The first-order valence-electron chi connectivity index (χ1n) is 10.0. The van der Waals surface area contributed by atoms with Gasteiger partial charge < -0.3 is 15.2 Å². The van der Waals surface area contributed by atoms with Gasteiger partial charge in [-0.1, -0.05) is 36.6 Å². The van der Waals surface area contributed by atoms with Crippen LogP contribution in [0, 0.1) is 0 Å². The van der Waals surface area contributed by atoms with Crippen LogP contribution in [0.15, 0.2) is 36.5 Å². The second-order valence-corrected chi connectivity index (χ2v) is 8.12. The van der Waals surface area contributed by atoms with Crippen LogP contribution in [-0.4, -0.2) is 34.2 Å². The molecular weight excluding hydrogens is 376 g/mol. The Bertz CT molecular complexity index is 836. The summed E-state index contributed by atoms with van der Waals surface area (Å²) in [5.41, 5.74) is 2.14. The minimum absolute atomic E-state index is 0.190. The molecule has 2 atom stereocenters. The molecule has 5 nitrogen and oxygen atoms in total. The molecule has 1 heterocycles. The third-order valence-corrected chi connectivity index (χ3v) is 5.90. The summed E-state index contributed by atoms with van der Waals surface area (Å²) in [4.78, 5) is 17.2. The second-order valence-electron chi connectivity index (χ2n) is 7.69. The van der Waals surface area contributed by atoms with E-state index in [0.717, 1.165) is 49.7 Å². The fraction of sp³-hybridized carbons (Fsp3) is 0.455. The lowest BCUT2D eigenvalue weighted by molar-refractivity contribution is 0.0716. The van der Waals surface area contributed by atoms with Gasteiger partial charge in [0.1, 0.15) is 6.10 Å². The topological polar surface area (TPSA) is 71.5 Å². The summed E-state index contributed by atoms with van der Waals surface area (Å²) in [6.07, 6.45) is 8.04. The van der Waals surface area contributed by atoms with E-state index in [0.29, 0.717) is 16.5 Å². The first-order valence-corrected chi connectivity index (χ1v) is 10.4. The van der Waals surface area contributed by atoms with E-state index in [1.807, 2.05) is 30.3 Å². The monoisotopic (exact) mass is 400 g/mol. The average Bonchev–Trinajstić information content (AvgIpc) is 2.67. The van der Waals surface area contributed by atoms with Gasteiger partial charge in [-0.15, -0.1) is 0 Å². The van der Waals surface area contributed by atoms with Crippen molar-refractivity contribution >= 4 is 17.5 Å². The molecule has 1 aromatic carbocycles. The van der Waals surface area contributed by atoms with E-state index in [-0.39, 0.29) is 18.1 Å². The number of carbonyl (C=O) groups is 1. The molecule has 6 heteroatoms. The van der Waals surface area contributed by atoms with Crippen LogP contribution in [0.5, 0.6) is 5.88 Å². The van der Waals surface area contributed by atoms with Crippen LogP contribution in [-0.2, 0) is 0 Å². The zero-order valence-corrected chi connectivity index (χ0v) is 16.5. The van der Waals surface area contributed by atoms with Gasteiger partial charge in [0.25, 0.3) is 5.91 Å². The maximum Gasteiger partial charge on any atom is 0.253 e. The van der Waals surface area contributed by atoms with Crippen LogP contribution >= 0.6 is 11.6 Å². The van der Waals surface area contributed by atoms with Gasteiger partial charge >= 0.3 is 0 Å². The van der Waals surface area contributed by atoms with E-state index in [9.17, 15) is 9.90 Å². The van der Waals surface area contributed by atoms with E-state index in [4.69, 9.17) is 16.3 Å². The predicted octanol–water partition coefficient (Wildman–Crippen LogP) is 4.37. The molecule has 2 N–H and O–H groups in total. The molecule has 0 spiro atoms. The Hall–Kier alpha value is -2.11. The molecule has 28 heavy (non-hydrogen) atoms. The number of nitrogens with zero attached hydrogens (tertiary/aromatic N) is 1. The van der Waals surface area contributed by atoms with Gasteiger partial charge in [0.2, 0.25) is 5.88 Å². The molecule has 2 saturated carbocycles. The number of pyridine rings is 1. The van der Waals surface area contributed by atoms with Gasteiger partial charge in [-0.3, -0.25) is 4.79 Å². The summed E-state index contributed by atoms with van der Waals surface area (Å²) in [5.74, 6) is 0.324. The number of rotatable bonds is 5. The van der Waals surface area contributed by atoms with E-state index in [2.05, 4.69) is 10.3 Å². The first-order chi connectivity index (χ1) is 13.6. The molecule has 0 aliphatic heterocycles. The minimum Gasteiger partial charge on any atom is -0.474 e. The average molecular weight is 401 g/mol. The van der Waals surface area contributed by atoms with E-state index in [1.54, 1.807) is 6.20 Å². The summed E-state index contributed by atoms with van der Waals surface area (Å²) in [6.45, 7) is 0. The van der Waals surface area contributed by atoms with Crippen LogP contribution in [0.4, 0.5) is 0 Å². The predicted molar refractivity (Wildman–Crippen MR) is 109 cm³/mol. The third-order valence-electron chi connectivity index (χ3n) is 5.65. The van der Waals surface area contributed by atoms with Crippen LogP contribution in [0.2, 0.25) is 5.02 Å². The number of ether oxygens (including phenoxy) is 1. The standard InChI is InChI=1S/C22H25ClN2O3/c23-16-10-8-14(9-11-16)18-12-15(13-24-22(18)28-17-4-3-5-17)21(27)25-19-6-1-2-7-20(19)26/h8-13,17,19-20,26H,1-7H2,(H,25,27)/t19-,20-/m1/s1. The van der Waals surface area contributed by atoms with Crippen LogP contribution < -0.4 is 10.1 Å². The van der Waals surface area contributed by atoms with Crippen LogP contribution in [0.1, 0.15) is 55.3 Å². The molecule has 0 radical (unpaired) electrons. The maximum absolute atomic E-state index is 12.8. The molecule has 0 unspecified atom stereocenters. The SMILES string of the molecule is O=C(N[C@@H]1CCCC[C@H]1O)c1cnc(OC2CCC2)c(-c2ccc(Cl)cc2)c1. The zero-order valence-electron chi connectivity index (χ0n) is 15.7. The minimum atomic E-state index is -0.484. The quantitative estimate of drug-likeness (QED) is 0.781. The molecular formula is C22H25ClN2O3. The molecule has 2 aliphatic carbocycles. The van der Waals surface area contributed by atoms with E-state index < -0.39 is 6.10 Å². The number of hydrogen-bond donors (Lipinski definition) is 2. The Morgan fingerprint density at radius 1 is 1.11 bits per heavy atom. The first kappa shape index (κ1) is 19.2.